The highest BCUT2D eigenvalue weighted by atomic mass is 35.5. The van der Waals surface area contributed by atoms with E-state index < -0.39 is 10.0 Å². The van der Waals surface area contributed by atoms with Gasteiger partial charge in [0.2, 0.25) is 15.9 Å². The average Bonchev–Trinajstić information content (AvgIpc) is 2.80. The number of sulfonamides is 1. The second-order valence-corrected chi connectivity index (χ2v) is 10.7. The number of aryl methyl sites for hydroxylation is 1. The van der Waals surface area contributed by atoms with Crippen LogP contribution in [0.15, 0.2) is 47.4 Å². The van der Waals surface area contributed by atoms with Crippen LogP contribution in [0.2, 0.25) is 5.02 Å². The maximum Gasteiger partial charge on any atom is 0.246 e. The van der Waals surface area contributed by atoms with Gasteiger partial charge in [-0.2, -0.15) is 4.31 Å². The van der Waals surface area contributed by atoms with Gasteiger partial charge in [-0.25, -0.2) is 8.42 Å². The van der Waals surface area contributed by atoms with Gasteiger partial charge in [-0.1, -0.05) is 35.9 Å². The lowest BCUT2D eigenvalue weighted by Crippen LogP contribution is -2.44. The normalized spacial score (nSPS) is 19.9. The molecule has 8 heteroatoms. The van der Waals surface area contributed by atoms with Crippen molar-refractivity contribution < 1.29 is 17.9 Å². The Kier molecular flexibility index (Phi) is 7.08. The van der Waals surface area contributed by atoms with Crippen LogP contribution >= 0.6 is 11.6 Å². The Bertz CT molecular complexity index is 1080. The monoisotopic (exact) mass is 476 g/mol. The van der Waals surface area contributed by atoms with Gasteiger partial charge in [-0.3, -0.25) is 4.79 Å². The molecule has 2 aromatic carbocycles. The van der Waals surface area contributed by atoms with Gasteiger partial charge in [0.05, 0.1) is 12.6 Å². The first kappa shape index (κ1) is 23.1. The van der Waals surface area contributed by atoms with E-state index in [1.807, 2.05) is 12.1 Å². The Labute approximate surface area is 195 Å². The Morgan fingerprint density at radius 3 is 2.66 bits per heavy atom. The smallest absolute Gasteiger partial charge is 0.246 e. The van der Waals surface area contributed by atoms with E-state index in [0.717, 1.165) is 19.3 Å². The molecule has 32 heavy (non-hydrogen) atoms. The van der Waals surface area contributed by atoms with E-state index >= 15 is 0 Å². The van der Waals surface area contributed by atoms with Crippen molar-refractivity contribution in [2.45, 2.75) is 50.0 Å². The molecule has 0 unspecified atom stereocenters. The van der Waals surface area contributed by atoms with E-state index in [2.05, 4.69) is 17.4 Å². The molecule has 1 aliphatic carbocycles. The molecule has 1 atom stereocenters. The fourth-order valence-corrected chi connectivity index (χ4v) is 6.51. The molecule has 2 aliphatic rings. The molecule has 0 spiro atoms. The van der Waals surface area contributed by atoms with Crippen LogP contribution in [0.5, 0.6) is 5.75 Å². The maximum atomic E-state index is 13.3. The number of ether oxygens (including phenoxy) is 1. The summed E-state index contributed by atoms with van der Waals surface area (Å²) >= 11 is 6.06. The van der Waals surface area contributed by atoms with Crippen molar-refractivity contribution in [3.8, 4) is 5.75 Å². The number of halogens is 1. The maximum absolute atomic E-state index is 13.3. The highest BCUT2D eigenvalue weighted by Gasteiger charge is 2.35. The Morgan fingerprint density at radius 1 is 1.16 bits per heavy atom. The molecule has 6 nitrogen and oxygen atoms in total. The zero-order chi connectivity index (χ0) is 22.7. The van der Waals surface area contributed by atoms with E-state index in [1.165, 1.54) is 21.5 Å². The molecule has 172 valence electrons. The SMILES string of the molecule is CCOc1ccc(Cl)cc1S(=O)(=O)N1CCC(C(=O)N[C@H]2CCCc3ccccc32)CC1. The Hall–Kier alpha value is -2.09. The number of amides is 1. The van der Waals surface area contributed by atoms with Crippen molar-refractivity contribution in [3.05, 3.63) is 58.6 Å². The Morgan fingerprint density at radius 2 is 1.91 bits per heavy atom. The van der Waals surface area contributed by atoms with Gasteiger partial charge in [-0.15, -0.1) is 0 Å². The summed E-state index contributed by atoms with van der Waals surface area (Å²) in [4.78, 5) is 13.0. The lowest BCUT2D eigenvalue weighted by molar-refractivity contribution is -0.127. The number of carbonyl (C=O) groups is 1. The minimum absolute atomic E-state index is 0.0153. The summed E-state index contributed by atoms with van der Waals surface area (Å²) in [5.41, 5.74) is 2.51. The van der Waals surface area contributed by atoms with Gasteiger partial charge in [0.15, 0.2) is 0 Å². The fraction of sp³-hybridized carbons (Fsp3) is 0.458. The van der Waals surface area contributed by atoms with E-state index in [-0.39, 0.29) is 22.8 Å². The lowest BCUT2D eigenvalue weighted by Gasteiger charge is -2.33. The lowest BCUT2D eigenvalue weighted by atomic mass is 9.87. The summed E-state index contributed by atoms with van der Waals surface area (Å²) in [5.74, 6) is 0.121. The largest absolute Gasteiger partial charge is 0.492 e. The van der Waals surface area contributed by atoms with Gasteiger partial charge in [0, 0.05) is 24.0 Å². The van der Waals surface area contributed by atoms with Crippen LogP contribution < -0.4 is 10.1 Å². The second-order valence-electron chi connectivity index (χ2n) is 8.35. The third kappa shape index (κ3) is 4.80. The van der Waals surface area contributed by atoms with Crippen molar-refractivity contribution in [1.29, 1.82) is 0 Å². The third-order valence-electron chi connectivity index (χ3n) is 6.33. The number of rotatable bonds is 6. The number of nitrogens with one attached hydrogen (secondary N) is 1. The van der Waals surface area contributed by atoms with Crippen molar-refractivity contribution in [1.82, 2.24) is 9.62 Å². The van der Waals surface area contributed by atoms with Gasteiger partial charge in [0.25, 0.3) is 0 Å². The van der Waals surface area contributed by atoms with Crippen LogP contribution in [0.1, 0.15) is 49.8 Å². The quantitative estimate of drug-likeness (QED) is 0.673. The van der Waals surface area contributed by atoms with E-state index in [0.29, 0.717) is 43.3 Å². The highest BCUT2D eigenvalue weighted by molar-refractivity contribution is 7.89. The van der Waals surface area contributed by atoms with Crippen LogP contribution in [0.4, 0.5) is 0 Å². The minimum Gasteiger partial charge on any atom is -0.492 e. The molecule has 4 rings (SSSR count). The molecule has 1 fully saturated rings. The van der Waals surface area contributed by atoms with Crippen LogP contribution in [0.25, 0.3) is 0 Å². The predicted molar refractivity (Wildman–Crippen MR) is 124 cm³/mol. The van der Waals surface area contributed by atoms with E-state index in [1.54, 1.807) is 19.1 Å². The number of hydrogen-bond donors (Lipinski definition) is 1. The molecule has 0 radical (unpaired) electrons. The zero-order valence-corrected chi connectivity index (χ0v) is 19.8. The summed E-state index contributed by atoms with van der Waals surface area (Å²) in [6.07, 6.45) is 4.02. The highest BCUT2D eigenvalue weighted by Crippen LogP contribution is 2.33. The zero-order valence-electron chi connectivity index (χ0n) is 18.2. The number of benzene rings is 2. The predicted octanol–water partition coefficient (Wildman–Crippen LogP) is 4.33. The molecule has 0 aromatic heterocycles. The number of carbonyl (C=O) groups excluding carboxylic acids is 1. The molecule has 0 bridgehead atoms. The van der Waals surface area contributed by atoms with Gasteiger partial charge >= 0.3 is 0 Å². The molecular weight excluding hydrogens is 448 g/mol. The van der Waals surface area contributed by atoms with E-state index in [4.69, 9.17) is 16.3 Å². The van der Waals surface area contributed by atoms with Crippen LogP contribution in [-0.4, -0.2) is 38.3 Å². The molecule has 2 aromatic rings. The van der Waals surface area contributed by atoms with E-state index in [9.17, 15) is 13.2 Å². The van der Waals surface area contributed by atoms with Crippen molar-refractivity contribution in [3.63, 3.8) is 0 Å². The van der Waals surface area contributed by atoms with Crippen molar-refractivity contribution >= 4 is 27.5 Å². The molecule has 1 heterocycles. The summed E-state index contributed by atoms with van der Waals surface area (Å²) in [5, 5.41) is 3.56. The molecule has 1 aliphatic heterocycles. The summed E-state index contributed by atoms with van der Waals surface area (Å²) < 4.78 is 33.4. The van der Waals surface area contributed by atoms with Gasteiger partial charge in [0.1, 0.15) is 10.6 Å². The number of fused-ring (bicyclic) bond motifs is 1. The fourth-order valence-electron chi connectivity index (χ4n) is 4.65. The first-order chi connectivity index (χ1) is 15.4. The second kappa shape index (κ2) is 9.81. The van der Waals surface area contributed by atoms with Crippen molar-refractivity contribution in [2.24, 2.45) is 5.92 Å². The third-order valence-corrected chi connectivity index (χ3v) is 8.49. The van der Waals surface area contributed by atoms with Crippen LogP contribution in [0.3, 0.4) is 0 Å². The minimum atomic E-state index is -3.76. The molecule has 0 saturated carbocycles. The topological polar surface area (TPSA) is 75.7 Å². The first-order valence-electron chi connectivity index (χ1n) is 11.2. The number of hydrogen-bond acceptors (Lipinski definition) is 4. The van der Waals surface area contributed by atoms with Crippen molar-refractivity contribution in [2.75, 3.05) is 19.7 Å². The van der Waals surface area contributed by atoms with Crippen LogP contribution in [-0.2, 0) is 21.2 Å². The summed E-state index contributed by atoms with van der Waals surface area (Å²) in [7, 11) is -3.76. The number of piperidine rings is 1. The molecule has 1 N–H and O–H groups in total. The molecule has 1 amide bonds. The van der Waals surface area contributed by atoms with Gasteiger partial charge in [-0.05, 0) is 68.4 Å². The van der Waals surface area contributed by atoms with Gasteiger partial charge < -0.3 is 10.1 Å². The Balaban J connectivity index is 1.41. The summed E-state index contributed by atoms with van der Waals surface area (Å²) in [6, 6.07) is 12.9. The standard InChI is InChI=1S/C24H29ClN2O4S/c1-2-31-22-11-10-19(25)16-23(22)32(29,30)27-14-12-18(13-15-27)24(28)26-21-9-5-7-17-6-3-4-8-20(17)21/h3-4,6,8,10-11,16,18,21H,2,5,7,9,12-15H2,1H3,(H,26,28)/t21-/m0/s1. The van der Waals surface area contributed by atoms with Crippen LogP contribution in [0, 0.1) is 5.92 Å². The first-order valence-corrected chi connectivity index (χ1v) is 13.0. The molecule has 1 saturated heterocycles. The summed E-state index contributed by atoms with van der Waals surface area (Å²) in [6.45, 7) is 2.75. The average molecular weight is 477 g/mol. The number of nitrogens with zero attached hydrogens (tertiary/aromatic N) is 1. The molecular formula is C24H29ClN2O4S.